The molecule has 0 aromatic heterocycles. The summed E-state index contributed by atoms with van der Waals surface area (Å²) in [4.78, 5) is 0. The molecule has 1 fully saturated rings. The summed E-state index contributed by atoms with van der Waals surface area (Å²) < 4.78 is 0. The predicted molar refractivity (Wildman–Crippen MR) is 107 cm³/mol. The van der Waals surface area contributed by atoms with E-state index in [-0.39, 0.29) is 0 Å². The van der Waals surface area contributed by atoms with Gasteiger partial charge in [0.1, 0.15) is 0 Å². The van der Waals surface area contributed by atoms with Gasteiger partial charge in [-0.2, -0.15) is 0 Å². The maximum absolute atomic E-state index is 4.24. The van der Waals surface area contributed by atoms with Crippen molar-refractivity contribution in [2.75, 3.05) is 0 Å². The molecule has 2 rings (SSSR count). The third kappa shape index (κ3) is 5.70. The molecule has 1 aliphatic carbocycles. The minimum absolute atomic E-state index is 0.760. The molecule has 1 nitrogen and oxygen atoms in total. The van der Waals surface area contributed by atoms with E-state index in [1.165, 1.54) is 72.9 Å². The third-order valence-electron chi connectivity index (χ3n) is 5.06. The minimum Gasteiger partial charge on any atom is -0.366 e. The summed E-state index contributed by atoms with van der Waals surface area (Å²) in [6.45, 7) is 12.4. The Morgan fingerprint density at radius 2 is 1.88 bits per heavy atom. The molecular formula is C23H33N. The van der Waals surface area contributed by atoms with Gasteiger partial charge in [-0.05, 0) is 80.7 Å². The second-order valence-electron chi connectivity index (χ2n) is 7.02. The van der Waals surface area contributed by atoms with Crippen LogP contribution in [0.1, 0.15) is 69.9 Å². The maximum atomic E-state index is 4.24. The van der Waals surface area contributed by atoms with Gasteiger partial charge >= 0.3 is 0 Å². The van der Waals surface area contributed by atoms with Crippen molar-refractivity contribution in [2.45, 2.75) is 65.2 Å². The number of benzene rings is 1. The van der Waals surface area contributed by atoms with Crippen molar-refractivity contribution in [3.8, 4) is 0 Å². The highest BCUT2D eigenvalue weighted by Gasteiger charge is 2.25. The second kappa shape index (κ2) is 9.52. The summed E-state index contributed by atoms with van der Waals surface area (Å²) in [5.41, 5.74) is 6.93. The molecule has 0 bridgehead atoms. The number of unbranched alkanes of at least 4 members (excludes halogenated alkanes) is 2. The molecule has 1 aromatic rings. The number of allylic oxidation sites excluding steroid dienone is 3. The van der Waals surface area contributed by atoms with Crippen molar-refractivity contribution in [1.82, 2.24) is 5.32 Å². The second-order valence-corrected chi connectivity index (χ2v) is 7.02. The van der Waals surface area contributed by atoms with E-state index in [9.17, 15) is 0 Å². The fourth-order valence-corrected chi connectivity index (χ4v) is 3.25. The zero-order chi connectivity index (χ0) is 17.4. The number of rotatable bonds is 11. The number of aryl methyl sites for hydroxylation is 1. The molecular weight excluding hydrogens is 290 g/mol. The summed E-state index contributed by atoms with van der Waals surface area (Å²) in [7, 11) is 0. The molecule has 1 saturated carbocycles. The Bertz CT molecular complexity index is 573. The molecule has 0 aliphatic heterocycles. The Kier molecular flexibility index (Phi) is 7.36. The van der Waals surface area contributed by atoms with Gasteiger partial charge in [-0.15, -0.1) is 0 Å². The average molecular weight is 324 g/mol. The fraction of sp³-hybridized carbons (Fsp3) is 0.478. The van der Waals surface area contributed by atoms with Crippen LogP contribution in [0, 0.1) is 5.92 Å². The van der Waals surface area contributed by atoms with Gasteiger partial charge in [-0.1, -0.05) is 56.3 Å². The van der Waals surface area contributed by atoms with Gasteiger partial charge in [-0.3, -0.25) is 0 Å². The first-order chi connectivity index (χ1) is 11.7. The molecule has 24 heavy (non-hydrogen) atoms. The smallest absolute Gasteiger partial charge is 0.0132 e. The van der Waals surface area contributed by atoms with Crippen molar-refractivity contribution < 1.29 is 0 Å². The van der Waals surface area contributed by atoms with E-state index in [2.05, 4.69) is 56.6 Å². The SMILES string of the molecule is C=CN/C(CC)=C(\C)CCCCCc1ccc(C(=C)C2CC2)cc1. The zero-order valence-corrected chi connectivity index (χ0v) is 15.5. The Balaban J connectivity index is 1.68. The lowest BCUT2D eigenvalue weighted by Gasteiger charge is -2.10. The van der Waals surface area contributed by atoms with Crippen LogP contribution < -0.4 is 5.32 Å². The summed E-state index contributed by atoms with van der Waals surface area (Å²) in [5, 5.41) is 3.26. The lowest BCUT2D eigenvalue weighted by molar-refractivity contribution is 0.668. The normalized spacial score (nSPS) is 14.9. The van der Waals surface area contributed by atoms with E-state index in [4.69, 9.17) is 0 Å². The minimum atomic E-state index is 0.760. The molecule has 1 aromatic carbocycles. The average Bonchev–Trinajstić information content (AvgIpc) is 3.44. The van der Waals surface area contributed by atoms with Gasteiger partial charge in [0.25, 0.3) is 0 Å². The lowest BCUT2D eigenvalue weighted by Crippen LogP contribution is -2.05. The van der Waals surface area contributed by atoms with Crippen molar-refractivity contribution >= 4 is 5.57 Å². The van der Waals surface area contributed by atoms with Gasteiger partial charge in [0.15, 0.2) is 0 Å². The van der Waals surface area contributed by atoms with E-state index in [1.807, 2.05) is 0 Å². The first kappa shape index (κ1) is 18.6. The van der Waals surface area contributed by atoms with Crippen molar-refractivity contribution in [3.05, 3.63) is 66.0 Å². The van der Waals surface area contributed by atoms with Gasteiger partial charge in [0.2, 0.25) is 0 Å². The van der Waals surface area contributed by atoms with E-state index >= 15 is 0 Å². The molecule has 0 atom stereocenters. The summed E-state index contributed by atoms with van der Waals surface area (Å²) in [6.07, 6.45) is 11.7. The van der Waals surface area contributed by atoms with Crippen LogP contribution in [0.15, 0.2) is 54.9 Å². The van der Waals surface area contributed by atoms with E-state index < -0.39 is 0 Å². The highest BCUT2D eigenvalue weighted by Crippen LogP contribution is 2.40. The van der Waals surface area contributed by atoms with Crippen LogP contribution in [0.3, 0.4) is 0 Å². The molecule has 0 spiro atoms. The monoisotopic (exact) mass is 323 g/mol. The fourth-order valence-electron chi connectivity index (χ4n) is 3.25. The van der Waals surface area contributed by atoms with Crippen molar-refractivity contribution in [2.24, 2.45) is 5.92 Å². The zero-order valence-electron chi connectivity index (χ0n) is 15.5. The largest absolute Gasteiger partial charge is 0.366 e. The Labute approximate surface area is 148 Å². The van der Waals surface area contributed by atoms with Crippen LogP contribution in [-0.2, 0) is 6.42 Å². The Morgan fingerprint density at radius 3 is 2.46 bits per heavy atom. The predicted octanol–water partition coefficient (Wildman–Crippen LogP) is 6.63. The summed E-state index contributed by atoms with van der Waals surface area (Å²) in [5.74, 6) is 0.760. The molecule has 1 N–H and O–H groups in total. The van der Waals surface area contributed by atoms with E-state index in [0.29, 0.717) is 0 Å². The van der Waals surface area contributed by atoms with Crippen LogP contribution >= 0.6 is 0 Å². The van der Waals surface area contributed by atoms with Crippen LogP contribution in [0.2, 0.25) is 0 Å². The van der Waals surface area contributed by atoms with E-state index in [0.717, 1.165) is 12.3 Å². The summed E-state index contributed by atoms with van der Waals surface area (Å²) >= 11 is 0. The topological polar surface area (TPSA) is 12.0 Å². The molecule has 130 valence electrons. The van der Waals surface area contributed by atoms with Crippen molar-refractivity contribution in [1.29, 1.82) is 0 Å². The Hall–Kier alpha value is -1.76. The van der Waals surface area contributed by atoms with Crippen molar-refractivity contribution in [3.63, 3.8) is 0 Å². The first-order valence-electron chi connectivity index (χ1n) is 9.49. The standard InChI is InChI=1S/C23H33N/c1-5-23(24-6-2)18(3)10-8-7-9-11-20-12-14-21(15-13-20)19(4)22-16-17-22/h6,12-15,22,24H,2,4-5,7-11,16-17H2,1,3H3/b23-18+. The highest BCUT2D eigenvalue weighted by atomic mass is 14.8. The highest BCUT2D eigenvalue weighted by molar-refractivity contribution is 5.67. The van der Waals surface area contributed by atoms with Crippen LogP contribution in [0.5, 0.6) is 0 Å². The molecule has 0 radical (unpaired) electrons. The molecule has 0 unspecified atom stereocenters. The van der Waals surface area contributed by atoms with Crippen LogP contribution in [0.25, 0.3) is 5.57 Å². The lowest BCUT2D eigenvalue weighted by atomic mass is 9.99. The van der Waals surface area contributed by atoms with Crippen LogP contribution in [-0.4, -0.2) is 0 Å². The molecule has 0 heterocycles. The molecule has 0 amide bonds. The Morgan fingerprint density at radius 1 is 1.17 bits per heavy atom. The quantitative estimate of drug-likeness (QED) is 0.451. The number of nitrogens with one attached hydrogen (secondary N) is 1. The number of hydrogen-bond donors (Lipinski definition) is 1. The van der Waals surface area contributed by atoms with Crippen LogP contribution in [0.4, 0.5) is 0 Å². The number of hydrogen-bond acceptors (Lipinski definition) is 1. The first-order valence-corrected chi connectivity index (χ1v) is 9.49. The maximum Gasteiger partial charge on any atom is 0.0132 e. The summed E-state index contributed by atoms with van der Waals surface area (Å²) in [6, 6.07) is 9.10. The van der Waals surface area contributed by atoms with Gasteiger partial charge in [-0.25, -0.2) is 0 Å². The molecule has 1 heteroatoms. The third-order valence-corrected chi connectivity index (χ3v) is 5.06. The van der Waals surface area contributed by atoms with Gasteiger partial charge in [0, 0.05) is 5.70 Å². The molecule has 0 saturated heterocycles. The van der Waals surface area contributed by atoms with E-state index in [1.54, 1.807) is 6.20 Å². The van der Waals surface area contributed by atoms with Gasteiger partial charge in [0.05, 0.1) is 0 Å². The molecule has 1 aliphatic rings. The van der Waals surface area contributed by atoms with Gasteiger partial charge < -0.3 is 5.32 Å².